The van der Waals surface area contributed by atoms with Crippen LogP contribution >= 0.6 is 11.8 Å². The molecule has 1 aliphatic heterocycles. The second kappa shape index (κ2) is 4.86. The van der Waals surface area contributed by atoms with Crippen molar-refractivity contribution in [3.05, 3.63) is 23.4 Å². The average molecular weight is 234 g/mol. The van der Waals surface area contributed by atoms with Crippen LogP contribution in [-0.4, -0.2) is 22.9 Å². The first-order valence-corrected chi connectivity index (χ1v) is 6.24. The lowest BCUT2D eigenvalue weighted by molar-refractivity contribution is 0.127. The van der Waals surface area contributed by atoms with Gasteiger partial charge >= 0.3 is 0 Å². The van der Waals surface area contributed by atoms with Crippen molar-refractivity contribution in [3.8, 4) is 6.07 Å². The summed E-state index contributed by atoms with van der Waals surface area (Å²) in [4.78, 5) is 4.29. The van der Waals surface area contributed by atoms with E-state index in [9.17, 15) is 0 Å². The van der Waals surface area contributed by atoms with Gasteiger partial charge in [0.15, 0.2) is 0 Å². The Balaban J connectivity index is 2.21. The first-order valence-electron chi connectivity index (χ1n) is 5.36. The molecular weight excluding hydrogens is 220 g/mol. The summed E-state index contributed by atoms with van der Waals surface area (Å²) < 4.78 is 5.51. The predicted molar refractivity (Wildman–Crippen MR) is 63.4 cm³/mol. The Bertz CT molecular complexity index is 428. The molecule has 0 saturated carbocycles. The second-order valence-corrected chi connectivity index (χ2v) is 5.17. The Labute approximate surface area is 99.8 Å². The third-order valence-corrected chi connectivity index (χ3v) is 4.26. The van der Waals surface area contributed by atoms with E-state index in [-0.39, 0.29) is 6.10 Å². The SMILES string of the molecule is Cc1ccnc(SC2CCOC2C)c1C#N. The van der Waals surface area contributed by atoms with Crippen LogP contribution in [0.3, 0.4) is 0 Å². The summed E-state index contributed by atoms with van der Waals surface area (Å²) in [6.45, 7) is 4.83. The number of thioether (sulfide) groups is 1. The zero-order valence-corrected chi connectivity index (χ0v) is 10.3. The van der Waals surface area contributed by atoms with E-state index in [1.54, 1.807) is 18.0 Å². The molecule has 2 atom stereocenters. The normalized spacial score (nSPS) is 24.3. The van der Waals surface area contributed by atoms with Gasteiger partial charge in [0.25, 0.3) is 0 Å². The van der Waals surface area contributed by atoms with Gasteiger partial charge in [0, 0.05) is 18.1 Å². The molecule has 3 nitrogen and oxygen atoms in total. The fraction of sp³-hybridized carbons (Fsp3) is 0.500. The lowest BCUT2D eigenvalue weighted by Gasteiger charge is -2.13. The van der Waals surface area contributed by atoms with Crippen molar-refractivity contribution in [2.75, 3.05) is 6.61 Å². The Morgan fingerprint density at radius 2 is 2.44 bits per heavy atom. The second-order valence-electron chi connectivity index (χ2n) is 3.94. The first-order chi connectivity index (χ1) is 7.72. The van der Waals surface area contributed by atoms with Gasteiger partial charge in [-0.2, -0.15) is 5.26 Å². The maximum Gasteiger partial charge on any atom is 0.114 e. The minimum absolute atomic E-state index is 0.249. The monoisotopic (exact) mass is 234 g/mol. The fourth-order valence-corrected chi connectivity index (χ4v) is 2.99. The van der Waals surface area contributed by atoms with Crippen LogP contribution in [0.1, 0.15) is 24.5 Å². The predicted octanol–water partition coefficient (Wildman–Crippen LogP) is 2.53. The number of ether oxygens (including phenoxy) is 1. The molecule has 4 heteroatoms. The maximum atomic E-state index is 9.10. The quantitative estimate of drug-likeness (QED) is 0.789. The van der Waals surface area contributed by atoms with Crippen LogP contribution in [0, 0.1) is 18.3 Å². The minimum atomic E-state index is 0.249. The number of pyridine rings is 1. The van der Waals surface area contributed by atoms with Gasteiger partial charge in [-0.15, -0.1) is 0 Å². The van der Waals surface area contributed by atoms with Crippen LogP contribution in [0.15, 0.2) is 17.3 Å². The van der Waals surface area contributed by atoms with Crippen LogP contribution in [0.5, 0.6) is 0 Å². The van der Waals surface area contributed by atoms with Crippen LogP contribution in [-0.2, 0) is 4.74 Å². The number of rotatable bonds is 2. The number of nitriles is 1. The van der Waals surface area contributed by atoms with E-state index in [0.717, 1.165) is 23.6 Å². The lowest BCUT2D eigenvalue weighted by Crippen LogP contribution is -2.13. The molecule has 2 heterocycles. The Kier molecular flexibility index (Phi) is 3.47. The van der Waals surface area contributed by atoms with E-state index in [1.807, 2.05) is 13.0 Å². The van der Waals surface area contributed by atoms with Crippen molar-refractivity contribution in [2.24, 2.45) is 0 Å². The number of aromatic nitrogens is 1. The van der Waals surface area contributed by atoms with Gasteiger partial charge in [-0.25, -0.2) is 4.98 Å². The molecule has 2 unspecified atom stereocenters. The minimum Gasteiger partial charge on any atom is -0.377 e. The maximum absolute atomic E-state index is 9.10. The summed E-state index contributed by atoms with van der Waals surface area (Å²) in [7, 11) is 0. The smallest absolute Gasteiger partial charge is 0.114 e. The Morgan fingerprint density at radius 1 is 1.62 bits per heavy atom. The average Bonchev–Trinajstić information content (AvgIpc) is 2.65. The molecule has 0 N–H and O–H groups in total. The molecule has 1 aromatic heterocycles. The summed E-state index contributed by atoms with van der Waals surface area (Å²) in [6.07, 6.45) is 3.05. The molecule has 84 valence electrons. The highest BCUT2D eigenvalue weighted by Crippen LogP contribution is 2.33. The summed E-state index contributed by atoms with van der Waals surface area (Å²) in [6, 6.07) is 4.10. The summed E-state index contributed by atoms with van der Waals surface area (Å²) in [5, 5.41) is 10.4. The van der Waals surface area contributed by atoms with Crippen molar-refractivity contribution < 1.29 is 4.74 Å². The van der Waals surface area contributed by atoms with E-state index < -0.39 is 0 Å². The van der Waals surface area contributed by atoms with Crippen molar-refractivity contribution >= 4 is 11.8 Å². The molecule has 0 spiro atoms. The van der Waals surface area contributed by atoms with Crippen LogP contribution < -0.4 is 0 Å². The molecule has 1 saturated heterocycles. The molecule has 1 aliphatic rings. The fourth-order valence-electron chi connectivity index (χ4n) is 1.77. The molecular formula is C12H14N2OS. The molecule has 16 heavy (non-hydrogen) atoms. The van der Waals surface area contributed by atoms with Crippen molar-refractivity contribution in [2.45, 2.75) is 36.6 Å². The van der Waals surface area contributed by atoms with Gasteiger partial charge in [-0.05, 0) is 31.9 Å². The zero-order valence-electron chi connectivity index (χ0n) is 9.43. The van der Waals surface area contributed by atoms with Crippen molar-refractivity contribution in [3.63, 3.8) is 0 Å². The first kappa shape index (κ1) is 11.4. The van der Waals surface area contributed by atoms with Gasteiger partial charge in [0.05, 0.1) is 11.7 Å². The van der Waals surface area contributed by atoms with E-state index >= 15 is 0 Å². The van der Waals surface area contributed by atoms with Gasteiger partial charge in [-0.3, -0.25) is 0 Å². The van der Waals surface area contributed by atoms with Gasteiger partial charge in [0.1, 0.15) is 11.1 Å². The highest BCUT2D eigenvalue weighted by Gasteiger charge is 2.26. The van der Waals surface area contributed by atoms with Crippen LogP contribution in [0.4, 0.5) is 0 Å². The molecule has 1 fully saturated rings. The van der Waals surface area contributed by atoms with Crippen molar-refractivity contribution in [1.82, 2.24) is 4.98 Å². The molecule has 0 aliphatic carbocycles. The molecule has 0 amide bonds. The van der Waals surface area contributed by atoms with E-state index in [4.69, 9.17) is 10.00 Å². The highest BCUT2D eigenvalue weighted by atomic mass is 32.2. The molecule has 2 rings (SSSR count). The largest absolute Gasteiger partial charge is 0.377 e. The van der Waals surface area contributed by atoms with E-state index in [2.05, 4.69) is 18.0 Å². The van der Waals surface area contributed by atoms with E-state index in [1.165, 1.54) is 0 Å². The Hall–Kier alpha value is -1.05. The van der Waals surface area contributed by atoms with E-state index in [0.29, 0.717) is 10.8 Å². The van der Waals surface area contributed by atoms with Crippen LogP contribution in [0.25, 0.3) is 0 Å². The van der Waals surface area contributed by atoms with Gasteiger partial charge in [0.2, 0.25) is 0 Å². The summed E-state index contributed by atoms with van der Waals surface area (Å²) in [5.41, 5.74) is 1.69. The topological polar surface area (TPSA) is 45.9 Å². The number of hydrogen-bond acceptors (Lipinski definition) is 4. The molecule has 1 aromatic rings. The third kappa shape index (κ3) is 2.21. The number of aryl methyl sites for hydroxylation is 1. The number of hydrogen-bond donors (Lipinski definition) is 0. The van der Waals surface area contributed by atoms with Crippen LogP contribution in [0.2, 0.25) is 0 Å². The summed E-state index contributed by atoms with van der Waals surface area (Å²) in [5.74, 6) is 0. The molecule has 0 aromatic carbocycles. The standard InChI is InChI=1S/C12H14N2OS/c1-8-3-5-14-12(10(8)7-13)16-11-4-6-15-9(11)2/h3,5,9,11H,4,6H2,1-2H3. The zero-order chi connectivity index (χ0) is 11.5. The molecule has 0 bridgehead atoms. The van der Waals surface area contributed by atoms with Crippen molar-refractivity contribution in [1.29, 1.82) is 5.26 Å². The van der Waals surface area contributed by atoms with Gasteiger partial charge < -0.3 is 4.74 Å². The third-order valence-electron chi connectivity index (χ3n) is 2.81. The highest BCUT2D eigenvalue weighted by molar-refractivity contribution is 8.00. The van der Waals surface area contributed by atoms with Gasteiger partial charge in [-0.1, -0.05) is 11.8 Å². The molecule has 0 radical (unpaired) electrons. The summed E-state index contributed by atoms with van der Waals surface area (Å²) >= 11 is 1.67. The number of nitrogens with zero attached hydrogens (tertiary/aromatic N) is 2. The Morgan fingerprint density at radius 3 is 3.06 bits per heavy atom. The lowest BCUT2D eigenvalue weighted by atomic mass is 10.2.